The summed E-state index contributed by atoms with van der Waals surface area (Å²) in [6.07, 6.45) is -9.60. The molecule has 0 spiro atoms. The molecule has 0 unspecified atom stereocenters. The minimum Gasteiger partial charge on any atom is -0.491 e. The van der Waals surface area contributed by atoms with Crippen molar-refractivity contribution in [2.24, 2.45) is 0 Å². The molecule has 0 saturated carbocycles. The number of rotatable bonds is 5. The largest absolute Gasteiger partial charge is 0.573 e. The molecule has 0 heterocycles. The first kappa shape index (κ1) is 16.9. The summed E-state index contributed by atoms with van der Waals surface area (Å²) in [5.74, 6) is -0.423. The number of ether oxygens (including phenoxy) is 3. The Morgan fingerprint density at radius 3 is 2.10 bits per heavy atom. The van der Waals surface area contributed by atoms with Crippen LogP contribution in [-0.2, 0) is 4.74 Å². The first-order chi connectivity index (χ1) is 9.07. The average Bonchev–Trinajstić information content (AvgIpc) is 2.25. The molecule has 0 aliphatic carbocycles. The molecule has 0 aromatic heterocycles. The summed E-state index contributed by atoms with van der Waals surface area (Å²) >= 11 is 2.82. The highest BCUT2D eigenvalue weighted by molar-refractivity contribution is 9.10. The van der Waals surface area contributed by atoms with Gasteiger partial charge in [0.25, 0.3) is 0 Å². The van der Waals surface area contributed by atoms with Crippen molar-refractivity contribution in [1.29, 1.82) is 0 Å². The van der Waals surface area contributed by atoms with Crippen LogP contribution in [0.25, 0.3) is 0 Å². The van der Waals surface area contributed by atoms with Crippen LogP contribution in [0.1, 0.15) is 0 Å². The first-order valence-corrected chi connectivity index (χ1v) is 5.75. The van der Waals surface area contributed by atoms with Gasteiger partial charge in [-0.05, 0) is 34.1 Å². The topological polar surface area (TPSA) is 27.7 Å². The number of alkyl halides is 6. The third-order valence-corrected chi connectivity index (χ3v) is 2.37. The van der Waals surface area contributed by atoms with E-state index in [1.165, 1.54) is 0 Å². The zero-order valence-electron chi connectivity index (χ0n) is 9.52. The maximum Gasteiger partial charge on any atom is 0.573 e. The summed E-state index contributed by atoms with van der Waals surface area (Å²) in [5.41, 5.74) is 0. The van der Waals surface area contributed by atoms with Crippen LogP contribution in [0.3, 0.4) is 0 Å². The molecular formula is C10H7BrF6O3. The van der Waals surface area contributed by atoms with Crippen LogP contribution in [0.15, 0.2) is 22.7 Å². The van der Waals surface area contributed by atoms with Crippen molar-refractivity contribution in [3.8, 4) is 11.5 Å². The van der Waals surface area contributed by atoms with Gasteiger partial charge in [-0.25, -0.2) is 0 Å². The van der Waals surface area contributed by atoms with Gasteiger partial charge in [0.1, 0.15) is 18.1 Å². The Labute approximate surface area is 117 Å². The summed E-state index contributed by atoms with van der Waals surface area (Å²) in [4.78, 5) is 0. The van der Waals surface area contributed by atoms with Gasteiger partial charge in [0.2, 0.25) is 0 Å². The van der Waals surface area contributed by atoms with E-state index >= 15 is 0 Å². The normalized spacial score (nSPS) is 12.3. The van der Waals surface area contributed by atoms with Crippen LogP contribution in [0.2, 0.25) is 0 Å². The summed E-state index contributed by atoms with van der Waals surface area (Å²) in [5, 5.41) is 0. The number of halogens is 7. The fraction of sp³-hybridized carbons (Fsp3) is 0.400. The SMILES string of the molecule is FC(F)(F)OCCOc1ccc(OC(F)(F)F)c(Br)c1. The molecule has 3 nitrogen and oxygen atoms in total. The molecule has 0 radical (unpaired) electrons. The maximum atomic E-state index is 12.0. The standard InChI is InChI=1S/C10H7BrF6O3/c11-7-5-6(18-3-4-19-9(12,13)14)1-2-8(7)20-10(15,16)17/h1-2,5H,3-4H2. The predicted octanol–water partition coefficient (Wildman–Crippen LogP) is 4.26. The molecule has 0 aliphatic rings. The lowest BCUT2D eigenvalue weighted by Gasteiger charge is -2.12. The van der Waals surface area contributed by atoms with Crippen molar-refractivity contribution in [1.82, 2.24) is 0 Å². The summed E-state index contributed by atoms with van der Waals surface area (Å²) in [7, 11) is 0. The molecule has 0 atom stereocenters. The Bertz CT molecular complexity index is 446. The molecular weight excluding hydrogens is 362 g/mol. The molecule has 0 aliphatic heterocycles. The van der Waals surface area contributed by atoms with Gasteiger partial charge in [-0.15, -0.1) is 26.3 Å². The molecule has 0 bridgehead atoms. The van der Waals surface area contributed by atoms with E-state index in [4.69, 9.17) is 4.74 Å². The van der Waals surface area contributed by atoms with Crippen molar-refractivity contribution < 1.29 is 40.6 Å². The van der Waals surface area contributed by atoms with E-state index in [2.05, 4.69) is 25.4 Å². The lowest BCUT2D eigenvalue weighted by atomic mass is 10.3. The van der Waals surface area contributed by atoms with Crippen LogP contribution in [0.4, 0.5) is 26.3 Å². The van der Waals surface area contributed by atoms with Gasteiger partial charge in [0.15, 0.2) is 0 Å². The van der Waals surface area contributed by atoms with Crippen molar-refractivity contribution in [2.75, 3.05) is 13.2 Å². The third-order valence-electron chi connectivity index (χ3n) is 1.75. The number of hydrogen-bond donors (Lipinski definition) is 0. The Morgan fingerprint density at radius 2 is 1.60 bits per heavy atom. The minimum atomic E-state index is -4.84. The molecule has 1 aromatic carbocycles. The van der Waals surface area contributed by atoms with E-state index in [0.29, 0.717) is 0 Å². The van der Waals surface area contributed by atoms with Crippen molar-refractivity contribution >= 4 is 15.9 Å². The van der Waals surface area contributed by atoms with E-state index in [9.17, 15) is 26.3 Å². The highest BCUT2D eigenvalue weighted by Gasteiger charge is 2.32. The van der Waals surface area contributed by atoms with Crippen molar-refractivity contribution in [2.45, 2.75) is 12.7 Å². The molecule has 1 aromatic rings. The van der Waals surface area contributed by atoms with E-state index in [-0.39, 0.29) is 10.2 Å². The molecule has 20 heavy (non-hydrogen) atoms. The first-order valence-electron chi connectivity index (χ1n) is 4.95. The number of benzene rings is 1. The van der Waals surface area contributed by atoms with Gasteiger partial charge >= 0.3 is 12.7 Å². The maximum absolute atomic E-state index is 12.0. The van der Waals surface area contributed by atoms with Gasteiger partial charge in [0, 0.05) is 0 Å². The second-order valence-corrected chi connectivity index (χ2v) is 4.14. The lowest BCUT2D eigenvalue weighted by molar-refractivity contribution is -0.325. The molecule has 0 N–H and O–H groups in total. The van der Waals surface area contributed by atoms with Crippen molar-refractivity contribution in [3.05, 3.63) is 22.7 Å². The van der Waals surface area contributed by atoms with E-state index in [0.717, 1.165) is 18.2 Å². The molecule has 0 saturated heterocycles. The Kier molecular flexibility index (Phi) is 5.51. The van der Waals surface area contributed by atoms with Crippen LogP contribution < -0.4 is 9.47 Å². The number of hydrogen-bond acceptors (Lipinski definition) is 3. The predicted molar refractivity (Wildman–Crippen MR) is 58.3 cm³/mol. The van der Waals surface area contributed by atoms with E-state index in [1.807, 2.05) is 0 Å². The molecule has 10 heteroatoms. The van der Waals surface area contributed by atoms with Gasteiger partial charge in [0.05, 0.1) is 11.1 Å². The highest BCUT2D eigenvalue weighted by Crippen LogP contribution is 2.33. The van der Waals surface area contributed by atoms with Gasteiger partial charge in [-0.1, -0.05) is 0 Å². The second kappa shape index (κ2) is 6.53. The summed E-state index contributed by atoms with van der Waals surface area (Å²) in [6, 6.07) is 3.23. The summed E-state index contributed by atoms with van der Waals surface area (Å²) < 4.78 is 82.9. The average molecular weight is 369 g/mol. The molecule has 0 amide bonds. The highest BCUT2D eigenvalue weighted by atomic mass is 79.9. The van der Waals surface area contributed by atoms with Crippen LogP contribution >= 0.6 is 15.9 Å². The minimum absolute atomic E-state index is 0.0518. The van der Waals surface area contributed by atoms with Gasteiger partial charge in [-0.3, -0.25) is 4.74 Å². The van der Waals surface area contributed by atoms with Gasteiger partial charge < -0.3 is 9.47 Å². The second-order valence-electron chi connectivity index (χ2n) is 3.28. The van der Waals surface area contributed by atoms with E-state index in [1.54, 1.807) is 0 Å². The van der Waals surface area contributed by atoms with E-state index < -0.39 is 31.7 Å². The molecule has 1 rings (SSSR count). The lowest BCUT2D eigenvalue weighted by Crippen LogP contribution is -2.18. The fourth-order valence-electron chi connectivity index (χ4n) is 1.10. The quantitative estimate of drug-likeness (QED) is 0.574. The fourth-order valence-corrected chi connectivity index (χ4v) is 1.53. The van der Waals surface area contributed by atoms with Gasteiger partial charge in [-0.2, -0.15) is 0 Å². The molecule has 0 fully saturated rings. The Balaban J connectivity index is 2.51. The molecule has 114 valence electrons. The zero-order valence-corrected chi connectivity index (χ0v) is 11.1. The zero-order chi connectivity index (χ0) is 15.4. The van der Waals surface area contributed by atoms with Crippen LogP contribution in [0.5, 0.6) is 11.5 Å². The smallest absolute Gasteiger partial charge is 0.491 e. The van der Waals surface area contributed by atoms with Crippen molar-refractivity contribution in [3.63, 3.8) is 0 Å². The van der Waals surface area contributed by atoms with Crippen LogP contribution in [0, 0.1) is 0 Å². The monoisotopic (exact) mass is 368 g/mol. The summed E-state index contributed by atoms with van der Waals surface area (Å²) in [6.45, 7) is -1.15. The van der Waals surface area contributed by atoms with Crippen LogP contribution in [-0.4, -0.2) is 25.9 Å². The third kappa shape index (κ3) is 6.85. The Morgan fingerprint density at radius 1 is 0.950 bits per heavy atom. The Hall–Kier alpha value is -1.16.